The van der Waals surface area contributed by atoms with Crippen molar-refractivity contribution in [1.82, 2.24) is 5.32 Å². The van der Waals surface area contributed by atoms with Crippen LogP contribution in [0, 0.1) is 13.8 Å². The second kappa shape index (κ2) is 8.90. The van der Waals surface area contributed by atoms with Crippen LogP contribution in [0.4, 0.5) is 5.69 Å². The molecule has 2 rings (SSSR count). The van der Waals surface area contributed by atoms with Gasteiger partial charge in [0.15, 0.2) is 0 Å². The lowest BCUT2D eigenvalue weighted by Gasteiger charge is -2.28. The molecule has 6 nitrogen and oxygen atoms in total. The van der Waals surface area contributed by atoms with Crippen molar-refractivity contribution in [3.05, 3.63) is 59.7 Å². The van der Waals surface area contributed by atoms with E-state index in [1.165, 1.54) is 0 Å². The number of aryl methyl sites for hydroxylation is 2. The third-order valence-electron chi connectivity index (χ3n) is 4.04. The number of hydrogen-bond acceptors (Lipinski definition) is 4. The van der Waals surface area contributed by atoms with Gasteiger partial charge in [0, 0.05) is 0 Å². The van der Waals surface area contributed by atoms with E-state index < -0.39 is 16.1 Å². The SMILES string of the molecule is Cc1ccc(N(C(C)C(=O)NCCOc2cccc(C)c2)S(C)(=O)=O)cc1. The molecule has 0 spiro atoms. The van der Waals surface area contributed by atoms with Crippen LogP contribution in [-0.4, -0.2) is 39.8 Å². The first kappa shape index (κ1) is 20.8. The van der Waals surface area contributed by atoms with Crippen molar-refractivity contribution < 1.29 is 17.9 Å². The van der Waals surface area contributed by atoms with E-state index in [2.05, 4.69) is 5.32 Å². The monoisotopic (exact) mass is 390 g/mol. The fraction of sp³-hybridized carbons (Fsp3) is 0.350. The molecule has 0 aromatic heterocycles. The predicted octanol–water partition coefficient (Wildman–Crippen LogP) is 2.65. The zero-order valence-corrected chi connectivity index (χ0v) is 16.9. The molecule has 0 saturated heterocycles. The smallest absolute Gasteiger partial charge is 0.243 e. The Morgan fingerprint density at radius 1 is 1.11 bits per heavy atom. The topological polar surface area (TPSA) is 75.7 Å². The summed E-state index contributed by atoms with van der Waals surface area (Å²) in [6, 6.07) is 13.8. The molecular formula is C20H26N2O4S. The molecule has 1 atom stereocenters. The van der Waals surface area contributed by atoms with Crippen LogP contribution in [0.1, 0.15) is 18.1 Å². The predicted molar refractivity (Wildman–Crippen MR) is 108 cm³/mol. The van der Waals surface area contributed by atoms with Gasteiger partial charge in [0.05, 0.1) is 18.5 Å². The molecular weight excluding hydrogens is 364 g/mol. The van der Waals surface area contributed by atoms with Crippen LogP contribution in [0.15, 0.2) is 48.5 Å². The van der Waals surface area contributed by atoms with Crippen LogP contribution in [0.2, 0.25) is 0 Å². The van der Waals surface area contributed by atoms with Crippen LogP contribution in [-0.2, 0) is 14.8 Å². The lowest BCUT2D eigenvalue weighted by Crippen LogP contribution is -2.48. The quantitative estimate of drug-likeness (QED) is 0.703. The Kier molecular flexibility index (Phi) is 6.85. The fourth-order valence-electron chi connectivity index (χ4n) is 2.70. The van der Waals surface area contributed by atoms with Crippen molar-refractivity contribution in [2.75, 3.05) is 23.7 Å². The van der Waals surface area contributed by atoms with Crippen molar-refractivity contribution in [3.63, 3.8) is 0 Å². The second-order valence-corrected chi connectivity index (χ2v) is 8.39. The van der Waals surface area contributed by atoms with Gasteiger partial charge in [-0.05, 0) is 50.6 Å². The van der Waals surface area contributed by atoms with Crippen molar-refractivity contribution >= 4 is 21.6 Å². The standard InChI is InChI=1S/C20H26N2O4S/c1-15-8-10-18(11-9-15)22(27(4,24)25)17(3)20(23)21-12-13-26-19-7-5-6-16(2)14-19/h5-11,14,17H,12-13H2,1-4H3,(H,21,23). The molecule has 1 amide bonds. The summed E-state index contributed by atoms with van der Waals surface area (Å²) in [7, 11) is -3.61. The van der Waals surface area contributed by atoms with Crippen molar-refractivity contribution in [3.8, 4) is 5.75 Å². The van der Waals surface area contributed by atoms with Crippen LogP contribution in [0.3, 0.4) is 0 Å². The molecule has 0 saturated carbocycles. The number of hydrogen-bond donors (Lipinski definition) is 1. The second-order valence-electron chi connectivity index (χ2n) is 6.53. The minimum absolute atomic E-state index is 0.280. The molecule has 7 heteroatoms. The van der Waals surface area contributed by atoms with Gasteiger partial charge in [0.25, 0.3) is 0 Å². The maximum atomic E-state index is 12.5. The molecule has 1 unspecified atom stereocenters. The maximum Gasteiger partial charge on any atom is 0.243 e. The third-order valence-corrected chi connectivity index (χ3v) is 5.28. The van der Waals surface area contributed by atoms with Gasteiger partial charge in [0.2, 0.25) is 15.9 Å². The van der Waals surface area contributed by atoms with E-state index in [-0.39, 0.29) is 12.5 Å². The first-order valence-corrected chi connectivity index (χ1v) is 10.6. The number of rotatable bonds is 8. The fourth-order valence-corrected chi connectivity index (χ4v) is 3.87. The molecule has 146 valence electrons. The first-order valence-electron chi connectivity index (χ1n) is 8.72. The highest BCUT2D eigenvalue weighted by Crippen LogP contribution is 2.21. The summed E-state index contributed by atoms with van der Waals surface area (Å²) in [5.41, 5.74) is 2.56. The highest BCUT2D eigenvalue weighted by molar-refractivity contribution is 7.92. The largest absolute Gasteiger partial charge is 0.492 e. The van der Waals surface area contributed by atoms with Crippen LogP contribution in [0.5, 0.6) is 5.75 Å². The Balaban J connectivity index is 1.97. The first-order chi connectivity index (χ1) is 12.7. The molecule has 0 fully saturated rings. The zero-order valence-electron chi connectivity index (χ0n) is 16.1. The Morgan fingerprint density at radius 2 is 1.78 bits per heavy atom. The number of carbonyl (C=O) groups is 1. The molecule has 1 N–H and O–H groups in total. The van der Waals surface area contributed by atoms with E-state index >= 15 is 0 Å². The number of carbonyl (C=O) groups excluding carboxylic acids is 1. The summed E-state index contributed by atoms with van der Waals surface area (Å²) in [6.07, 6.45) is 1.09. The number of nitrogens with zero attached hydrogens (tertiary/aromatic N) is 1. The number of benzene rings is 2. The average Bonchev–Trinajstić information content (AvgIpc) is 2.59. The van der Waals surface area contributed by atoms with E-state index in [0.717, 1.165) is 27.4 Å². The average molecular weight is 391 g/mol. The molecule has 0 aliphatic heterocycles. The highest BCUT2D eigenvalue weighted by Gasteiger charge is 2.28. The summed E-state index contributed by atoms with van der Waals surface area (Å²) >= 11 is 0. The normalized spacial score (nSPS) is 12.3. The van der Waals surface area contributed by atoms with E-state index in [0.29, 0.717) is 12.3 Å². The van der Waals surface area contributed by atoms with Gasteiger partial charge in [0.1, 0.15) is 18.4 Å². The summed E-state index contributed by atoms with van der Waals surface area (Å²) < 4.78 is 31.2. The maximum absolute atomic E-state index is 12.5. The van der Waals surface area contributed by atoms with Gasteiger partial charge in [-0.2, -0.15) is 0 Å². The molecule has 0 aliphatic rings. The number of ether oxygens (including phenoxy) is 1. The van der Waals surface area contributed by atoms with Gasteiger partial charge >= 0.3 is 0 Å². The Hall–Kier alpha value is -2.54. The van der Waals surface area contributed by atoms with Gasteiger partial charge < -0.3 is 10.1 Å². The molecule has 27 heavy (non-hydrogen) atoms. The molecule has 0 aliphatic carbocycles. The van der Waals surface area contributed by atoms with E-state index in [1.807, 2.05) is 50.2 Å². The number of anilines is 1. The van der Waals surface area contributed by atoms with Crippen molar-refractivity contribution in [2.24, 2.45) is 0 Å². The number of sulfonamides is 1. The number of nitrogens with one attached hydrogen (secondary N) is 1. The summed E-state index contributed by atoms with van der Waals surface area (Å²) in [6.45, 7) is 6.03. The van der Waals surface area contributed by atoms with Crippen molar-refractivity contribution in [2.45, 2.75) is 26.8 Å². The summed E-state index contributed by atoms with van der Waals surface area (Å²) in [5.74, 6) is 0.351. The summed E-state index contributed by atoms with van der Waals surface area (Å²) in [5, 5.41) is 2.73. The molecule has 2 aromatic carbocycles. The minimum atomic E-state index is -3.61. The Bertz CT molecular complexity index is 879. The zero-order chi connectivity index (χ0) is 20.0. The number of amides is 1. The molecule has 0 heterocycles. The molecule has 0 radical (unpaired) electrons. The van der Waals surface area contributed by atoms with Gasteiger partial charge in [-0.1, -0.05) is 29.8 Å². The van der Waals surface area contributed by atoms with Crippen molar-refractivity contribution in [1.29, 1.82) is 0 Å². The molecule has 2 aromatic rings. The van der Waals surface area contributed by atoms with Gasteiger partial charge in [-0.15, -0.1) is 0 Å². The van der Waals surface area contributed by atoms with Crippen LogP contribution < -0.4 is 14.4 Å². The van der Waals surface area contributed by atoms with Gasteiger partial charge in [-0.3, -0.25) is 9.10 Å². The molecule has 0 bridgehead atoms. The highest BCUT2D eigenvalue weighted by atomic mass is 32.2. The minimum Gasteiger partial charge on any atom is -0.492 e. The van der Waals surface area contributed by atoms with Gasteiger partial charge in [-0.25, -0.2) is 8.42 Å². The van der Waals surface area contributed by atoms with E-state index in [1.54, 1.807) is 19.1 Å². The van der Waals surface area contributed by atoms with E-state index in [9.17, 15) is 13.2 Å². The lowest BCUT2D eigenvalue weighted by molar-refractivity contribution is -0.121. The van der Waals surface area contributed by atoms with Crippen LogP contribution in [0.25, 0.3) is 0 Å². The third kappa shape index (κ3) is 5.99. The Labute approximate surface area is 161 Å². The van der Waals surface area contributed by atoms with E-state index in [4.69, 9.17) is 4.74 Å². The lowest BCUT2D eigenvalue weighted by atomic mass is 10.2. The van der Waals surface area contributed by atoms with Crippen LogP contribution >= 0.6 is 0 Å². The Morgan fingerprint density at radius 3 is 2.37 bits per heavy atom. The summed E-state index contributed by atoms with van der Waals surface area (Å²) in [4.78, 5) is 12.5.